The van der Waals surface area contributed by atoms with Crippen molar-refractivity contribution >= 4 is 5.97 Å². The predicted molar refractivity (Wildman–Crippen MR) is 42.1 cm³/mol. The lowest BCUT2D eigenvalue weighted by Gasteiger charge is -2.01. The summed E-state index contributed by atoms with van der Waals surface area (Å²) in [5, 5.41) is 8.41. The van der Waals surface area contributed by atoms with Crippen LogP contribution in [0, 0.1) is 5.82 Å². The number of nitrogens with zero attached hydrogens (tertiary/aromatic N) is 1. The minimum atomic E-state index is -1.13. The van der Waals surface area contributed by atoms with Gasteiger partial charge in [-0.15, -0.1) is 0 Å². The SMILES string of the molecule is COc1ccc(F)c(CC(=O)O)n1. The molecule has 0 amide bonds. The maximum atomic E-state index is 12.9. The number of ether oxygens (including phenoxy) is 1. The molecule has 1 heterocycles. The van der Waals surface area contributed by atoms with Crippen LogP contribution in [0.2, 0.25) is 0 Å². The van der Waals surface area contributed by atoms with Crippen LogP contribution < -0.4 is 4.74 Å². The maximum absolute atomic E-state index is 12.9. The van der Waals surface area contributed by atoms with Gasteiger partial charge in [0.15, 0.2) is 0 Å². The van der Waals surface area contributed by atoms with Crippen LogP contribution in [-0.4, -0.2) is 23.2 Å². The first-order chi connectivity index (χ1) is 6.13. The van der Waals surface area contributed by atoms with Crippen molar-refractivity contribution in [3.05, 3.63) is 23.6 Å². The van der Waals surface area contributed by atoms with Gasteiger partial charge >= 0.3 is 5.97 Å². The Labute approximate surface area is 74.0 Å². The fraction of sp³-hybridized carbons (Fsp3) is 0.250. The van der Waals surface area contributed by atoms with Crippen molar-refractivity contribution in [2.24, 2.45) is 0 Å². The Hall–Kier alpha value is -1.65. The first-order valence-corrected chi connectivity index (χ1v) is 3.54. The number of halogens is 1. The van der Waals surface area contributed by atoms with Crippen LogP contribution in [0.3, 0.4) is 0 Å². The highest BCUT2D eigenvalue weighted by Gasteiger charge is 2.09. The molecule has 0 aromatic carbocycles. The van der Waals surface area contributed by atoms with Gasteiger partial charge in [-0.3, -0.25) is 4.79 Å². The summed E-state index contributed by atoms with van der Waals surface area (Å²) in [5.74, 6) is -1.56. The van der Waals surface area contributed by atoms with Crippen LogP contribution in [0.5, 0.6) is 5.88 Å². The molecule has 0 aliphatic heterocycles. The minimum absolute atomic E-state index is 0.119. The molecule has 0 spiro atoms. The van der Waals surface area contributed by atoms with Crippen LogP contribution in [0.25, 0.3) is 0 Å². The number of pyridine rings is 1. The molecule has 1 aromatic rings. The lowest BCUT2D eigenvalue weighted by atomic mass is 10.2. The van der Waals surface area contributed by atoms with Crippen molar-refractivity contribution < 1.29 is 19.0 Å². The molecule has 0 unspecified atom stereocenters. The molecule has 0 fully saturated rings. The zero-order valence-corrected chi connectivity index (χ0v) is 6.95. The number of aromatic nitrogens is 1. The predicted octanol–water partition coefficient (Wildman–Crippen LogP) is 0.856. The van der Waals surface area contributed by atoms with E-state index in [-0.39, 0.29) is 11.6 Å². The first-order valence-electron chi connectivity index (χ1n) is 3.54. The molecule has 4 nitrogen and oxygen atoms in total. The van der Waals surface area contributed by atoms with E-state index in [1.807, 2.05) is 0 Å². The summed E-state index contributed by atoms with van der Waals surface area (Å²) in [6.45, 7) is 0. The highest BCUT2D eigenvalue weighted by molar-refractivity contribution is 5.69. The average molecular weight is 185 g/mol. The zero-order chi connectivity index (χ0) is 9.84. The molecule has 0 radical (unpaired) electrons. The monoisotopic (exact) mass is 185 g/mol. The summed E-state index contributed by atoms with van der Waals surface area (Å²) in [6.07, 6.45) is -0.441. The summed E-state index contributed by atoms with van der Waals surface area (Å²) in [6, 6.07) is 2.46. The summed E-state index contributed by atoms with van der Waals surface area (Å²) in [4.78, 5) is 13.9. The van der Waals surface area contributed by atoms with Gasteiger partial charge in [0.2, 0.25) is 5.88 Å². The van der Waals surface area contributed by atoms with E-state index >= 15 is 0 Å². The molecule has 13 heavy (non-hydrogen) atoms. The van der Waals surface area contributed by atoms with E-state index in [2.05, 4.69) is 4.98 Å². The van der Waals surface area contributed by atoms with Gasteiger partial charge in [0.05, 0.1) is 19.2 Å². The van der Waals surface area contributed by atoms with Gasteiger partial charge in [-0.2, -0.15) is 0 Å². The zero-order valence-electron chi connectivity index (χ0n) is 6.95. The number of hydrogen-bond donors (Lipinski definition) is 1. The van der Waals surface area contributed by atoms with Gasteiger partial charge in [-0.05, 0) is 6.07 Å². The average Bonchev–Trinajstić information content (AvgIpc) is 2.08. The minimum Gasteiger partial charge on any atom is -0.481 e. The third-order valence-electron chi connectivity index (χ3n) is 1.42. The molecule has 0 saturated heterocycles. The van der Waals surface area contributed by atoms with Crippen molar-refractivity contribution in [1.82, 2.24) is 4.98 Å². The Kier molecular flexibility index (Phi) is 2.79. The molecular formula is C8H8FNO3. The molecule has 1 rings (SSSR count). The Morgan fingerprint density at radius 3 is 2.92 bits per heavy atom. The molecule has 1 aromatic heterocycles. The summed E-state index contributed by atoms with van der Waals surface area (Å²) in [7, 11) is 1.38. The second-order valence-electron chi connectivity index (χ2n) is 2.35. The van der Waals surface area contributed by atoms with Crippen LogP contribution >= 0.6 is 0 Å². The molecule has 5 heteroatoms. The standard InChI is InChI=1S/C8H8FNO3/c1-13-7-3-2-5(9)6(10-7)4-8(11)12/h2-3H,4H2,1H3,(H,11,12). The number of methoxy groups -OCH3 is 1. The van der Waals surface area contributed by atoms with E-state index in [0.29, 0.717) is 0 Å². The van der Waals surface area contributed by atoms with E-state index in [0.717, 1.165) is 6.07 Å². The van der Waals surface area contributed by atoms with Crippen molar-refractivity contribution in [2.45, 2.75) is 6.42 Å². The fourth-order valence-corrected chi connectivity index (χ4v) is 0.845. The van der Waals surface area contributed by atoms with Gasteiger partial charge in [0.1, 0.15) is 5.82 Å². The first kappa shape index (κ1) is 9.44. The molecule has 70 valence electrons. The van der Waals surface area contributed by atoms with E-state index < -0.39 is 18.2 Å². The van der Waals surface area contributed by atoms with E-state index in [4.69, 9.17) is 9.84 Å². The summed E-state index contributed by atoms with van der Waals surface area (Å²) in [5.41, 5.74) is -0.119. The lowest BCUT2D eigenvalue weighted by Crippen LogP contribution is -2.05. The van der Waals surface area contributed by atoms with Gasteiger partial charge < -0.3 is 9.84 Å². The van der Waals surface area contributed by atoms with Gasteiger partial charge in [0.25, 0.3) is 0 Å². The van der Waals surface area contributed by atoms with E-state index in [1.165, 1.54) is 13.2 Å². The van der Waals surface area contributed by atoms with Gasteiger partial charge in [-0.1, -0.05) is 0 Å². The second kappa shape index (κ2) is 3.84. The van der Waals surface area contributed by atoms with Crippen LogP contribution in [-0.2, 0) is 11.2 Å². The topological polar surface area (TPSA) is 59.4 Å². The number of hydrogen-bond acceptors (Lipinski definition) is 3. The molecule has 0 aliphatic carbocycles. The third kappa shape index (κ3) is 2.40. The van der Waals surface area contributed by atoms with Crippen LogP contribution in [0.4, 0.5) is 4.39 Å². The Bertz CT molecular complexity index is 327. The van der Waals surface area contributed by atoms with E-state index in [9.17, 15) is 9.18 Å². The lowest BCUT2D eigenvalue weighted by molar-refractivity contribution is -0.136. The Morgan fingerprint density at radius 1 is 1.69 bits per heavy atom. The number of rotatable bonds is 3. The molecule has 0 saturated carbocycles. The van der Waals surface area contributed by atoms with Crippen LogP contribution in [0.15, 0.2) is 12.1 Å². The molecule has 1 N–H and O–H groups in total. The highest BCUT2D eigenvalue weighted by Crippen LogP contribution is 2.11. The third-order valence-corrected chi connectivity index (χ3v) is 1.42. The second-order valence-corrected chi connectivity index (χ2v) is 2.35. The smallest absolute Gasteiger partial charge is 0.309 e. The van der Waals surface area contributed by atoms with E-state index in [1.54, 1.807) is 0 Å². The maximum Gasteiger partial charge on any atom is 0.309 e. The summed E-state index contributed by atoms with van der Waals surface area (Å²) < 4.78 is 17.6. The normalized spacial score (nSPS) is 9.69. The van der Waals surface area contributed by atoms with Crippen molar-refractivity contribution in [3.8, 4) is 5.88 Å². The van der Waals surface area contributed by atoms with Crippen molar-refractivity contribution in [2.75, 3.05) is 7.11 Å². The van der Waals surface area contributed by atoms with Crippen molar-refractivity contribution in [3.63, 3.8) is 0 Å². The number of aliphatic carboxylic acids is 1. The fourth-order valence-electron chi connectivity index (χ4n) is 0.845. The van der Waals surface area contributed by atoms with Crippen LogP contribution in [0.1, 0.15) is 5.69 Å². The van der Waals surface area contributed by atoms with Crippen molar-refractivity contribution in [1.29, 1.82) is 0 Å². The number of carboxylic acids is 1. The molecule has 0 atom stereocenters. The highest BCUT2D eigenvalue weighted by atomic mass is 19.1. The number of carbonyl (C=O) groups is 1. The Balaban J connectivity index is 2.96. The molecule has 0 aliphatic rings. The van der Waals surface area contributed by atoms with Gasteiger partial charge in [0, 0.05) is 6.07 Å². The largest absolute Gasteiger partial charge is 0.481 e. The summed E-state index contributed by atoms with van der Waals surface area (Å²) >= 11 is 0. The van der Waals surface area contributed by atoms with Gasteiger partial charge in [-0.25, -0.2) is 9.37 Å². The quantitative estimate of drug-likeness (QED) is 0.758. The Morgan fingerprint density at radius 2 is 2.38 bits per heavy atom. The number of carboxylic acid groups (broad SMARTS) is 1. The molecular weight excluding hydrogens is 177 g/mol. The molecule has 0 bridgehead atoms.